The van der Waals surface area contributed by atoms with Crippen molar-refractivity contribution in [3.63, 3.8) is 0 Å². The highest BCUT2D eigenvalue weighted by Crippen LogP contribution is 2.29. The molecule has 0 saturated carbocycles. The second-order valence-corrected chi connectivity index (χ2v) is 7.47. The molecule has 1 fully saturated rings. The molecule has 0 aliphatic carbocycles. The van der Waals surface area contributed by atoms with Gasteiger partial charge in [0.25, 0.3) is 5.89 Å². The normalized spacial score (nSPS) is 15.2. The molecule has 3 aromatic heterocycles. The lowest BCUT2D eigenvalue weighted by atomic mass is 9.94. The smallest absolute Gasteiger partial charge is 0.253 e. The van der Waals surface area contributed by atoms with Crippen molar-refractivity contribution >= 4 is 17.2 Å². The van der Waals surface area contributed by atoms with Crippen molar-refractivity contribution in [2.75, 3.05) is 13.1 Å². The fraction of sp³-hybridized carbons (Fsp3) is 0.300. The molecule has 1 saturated heterocycles. The van der Waals surface area contributed by atoms with Crippen LogP contribution in [-0.2, 0) is 6.42 Å². The summed E-state index contributed by atoms with van der Waals surface area (Å²) in [5.74, 6) is 0.607. The van der Waals surface area contributed by atoms with Crippen molar-refractivity contribution < 1.29 is 8.81 Å². The van der Waals surface area contributed by atoms with Crippen LogP contribution in [0, 0.1) is 5.82 Å². The summed E-state index contributed by atoms with van der Waals surface area (Å²) in [5.41, 5.74) is 2.77. The van der Waals surface area contributed by atoms with Gasteiger partial charge >= 0.3 is 0 Å². The summed E-state index contributed by atoms with van der Waals surface area (Å²) in [6.45, 7) is 1.99. The van der Waals surface area contributed by atoms with Gasteiger partial charge in [0.2, 0.25) is 5.89 Å². The summed E-state index contributed by atoms with van der Waals surface area (Å²) in [4.78, 5) is 4.47. The minimum absolute atomic E-state index is 0.117. The number of piperidine rings is 1. The lowest BCUT2D eigenvalue weighted by Gasteiger charge is -2.23. The molecule has 0 spiro atoms. The predicted octanol–water partition coefficient (Wildman–Crippen LogP) is 3.63. The van der Waals surface area contributed by atoms with Gasteiger partial charge < -0.3 is 9.73 Å². The fourth-order valence-electron chi connectivity index (χ4n) is 3.77. The van der Waals surface area contributed by atoms with Crippen LogP contribution in [-0.4, -0.2) is 37.9 Å². The first kappa shape index (κ1) is 18.2. The van der Waals surface area contributed by atoms with Crippen LogP contribution in [0.25, 0.3) is 17.1 Å². The zero-order valence-corrected chi connectivity index (χ0v) is 16.2. The third-order valence-corrected chi connectivity index (χ3v) is 5.63. The number of nitrogens with one attached hydrogen (secondary N) is 1. The number of fused-ring (bicyclic) bond motifs is 1. The molecule has 0 atom stereocenters. The second kappa shape index (κ2) is 7.53. The molecule has 4 heterocycles. The van der Waals surface area contributed by atoms with Crippen molar-refractivity contribution in [1.29, 1.82) is 0 Å². The van der Waals surface area contributed by atoms with Crippen LogP contribution in [0.3, 0.4) is 0 Å². The number of nitrogens with zero attached hydrogens (tertiary/aromatic N) is 5. The van der Waals surface area contributed by atoms with Crippen molar-refractivity contribution in [2.24, 2.45) is 0 Å². The molecule has 1 aliphatic heterocycles. The molecule has 0 unspecified atom stereocenters. The maximum absolute atomic E-state index is 14.0. The monoisotopic (exact) mass is 412 g/mol. The highest BCUT2D eigenvalue weighted by Gasteiger charge is 2.22. The van der Waals surface area contributed by atoms with Gasteiger partial charge in [0.1, 0.15) is 11.4 Å². The lowest BCUT2D eigenvalue weighted by molar-refractivity contribution is 0.446. The van der Waals surface area contributed by atoms with Gasteiger partial charge in [0.15, 0.2) is 5.65 Å². The second-order valence-electron chi connectivity index (χ2n) is 7.07. The highest BCUT2D eigenvalue weighted by atomic mass is 35.5. The summed E-state index contributed by atoms with van der Waals surface area (Å²) >= 11 is 6.10. The van der Waals surface area contributed by atoms with E-state index in [1.807, 2.05) is 10.6 Å². The third-order valence-electron chi connectivity index (χ3n) is 5.27. The zero-order chi connectivity index (χ0) is 19.8. The number of hydrogen-bond donors (Lipinski definition) is 1. The Morgan fingerprint density at radius 3 is 2.90 bits per heavy atom. The molecule has 1 aromatic carbocycles. The zero-order valence-electron chi connectivity index (χ0n) is 15.5. The Balaban J connectivity index is 1.48. The standard InChI is InChI=1S/C20H18ClFN6O/c21-15-2-1-3-16(22)13(15)10-18-26-27-20(29-18)14-11-25-28-17(6-9-24-19(14)28)12-4-7-23-8-5-12/h1-3,6,9,11-12,23H,4-5,7-8,10H2. The van der Waals surface area contributed by atoms with Crippen molar-refractivity contribution in [3.05, 3.63) is 64.6 Å². The SMILES string of the molecule is Fc1cccc(Cl)c1Cc1nnc(-c2cnn3c(C4CCNCC4)ccnc23)o1. The van der Waals surface area contributed by atoms with Gasteiger partial charge in [-0.25, -0.2) is 13.9 Å². The summed E-state index contributed by atoms with van der Waals surface area (Å²) < 4.78 is 21.7. The number of halogens is 2. The van der Waals surface area contributed by atoms with E-state index < -0.39 is 5.82 Å². The van der Waals surface area contributed by atoms with Crippen molar-refractivity contribution in [2.45, 2.75) is 25.2 Å². The van der Waals surface area contributed by atoms with E-state index in [0.717, 1.165) is 31.6 Å². The predicted molar refractivity (Wildman–Crippen MR) is 105 cm³/mol. The van der Waals surface area contributed by atoms with E-state index in [9.17, 15) is 4.39 Å². The Morgan fingerprint density at radius 2 is 2.07 bits per heavy atom. The van der Waals surface area contributed by atoms with Crippen LogP contribution in [0.1, 0.15) is 35.9 Å². The first-order valence-corrected chi connectivity index (χ1v) is 9.87. The maximum atomic E-state index is 14.0. The van der Waals surface area contributed by atoms with E-state index in [1.165, 1.54) is 6.07 Å². The fourth-order valence-corrected chi connectivity index (χ4v) is 4.00. The Hall–Kier alpha value is -2.84. The van der Waals surface area contributed by atoms with Crippen LogP contribution in [0.15, 0.2) is 41.1 Å². The Morgan fingerprint density at radius 1 is 1.21 bits per heavy atom. The van der Waals surface area contributed by atoms with E-state index in [0.29, 0.717) is 33.6 Å². The first-order chi connectivity index (χ1) is 14.2. The van der Waals surface area contributed by atoms with Crippen LogP contribution in [0.5, 0.6) is 0 Å². The van der Waals surface area contributed by atoms with Gasteiger partial charge in [-0.2, -0.15) is 5.10 Å². The molecular weight excluding hydrogens is 395 g/mol. The Bertz CT molecular complexity index is 1150. The molecule has 29 heavy (non-hydrogen) atoms. The number of hydrogen-bond acceptors (Lipinski definition) is 6. The molecule has 1 N–H and O–H groups in total. The Kier molecular flexibility index (Phi) is 4.73. The molecule has 0 amide bonds. The van der Waals surface area contributed by atoms with Crippen molar-refractivity contribution in [3.8, 4) is 11.5 Å². The van der Waals surface area contributed by atoms with Crippen molar-refractivity contribution in [1.82, 2.24) is 30.1 Å². The van der Waals surface area contributed by atoms with Gasteiger partial charge in [-0.05, 0) is 44.1 Å². The quantitative estimate of drug-likeness (QED) is 0.551. The largest absolute Gasteiger partial charge is 0.420 e. The van der Waals surface area contributed by atoms with Crippen LogP contribution >= 0.6 is 11.6 Å². The van der Waals surface area contributed by atoms with E-state index in [-0.39, 0.29) is 12.3 Å². The molecular formula is C20H18ClFN6O. The summed E-state index contributed by atoms with van der Waals surface area (Å²) in [6, 6.07) is 6.56. The van der Waals surface area contributed by atoms with Gasteiger partial charge in [0.05, 0.1) is 12.6 Å². The molecule has 9 heteroatoms. The third kappa shape index (κ3) is 3.38. The van der Waals surface area contributed by atoms with E-state index in [4.69, 9.17) is 16.0 Å². The van der Waals surface area contributed by atoms with Crippen LogP contribution in [0.2, 0.25) is 5.02 Å². The molecule has 7 nitrogen and oxygen atoms in total. The summed E-state index contributed by atoms with van der Waals surface area (Å²) in [6.07, 6.45) is 5.70. The molecule has 0 radical (unpaired) electrons. The number of aromatic nitrogens is 5. The van der Waals surface area contributed by atoms with Crippen LogP contribution in [0.4, 0.5) is 4.39 Å². The molecule has 5 rings (SSSR count). The minimum atomic E-state index is -0.401. The minimum Gasteiger partial charge on any atom is -0.420 e. The Labute approximate surface area is 170 Å². The maximum Gasteiger partial charge on any atom is 0.253 e. The van der Waals surface area contributed by atoms with E-state index in [2.05, 4.69) is 25.6 Å². The lowest BCUT2D eigenvalue weighted by Crippen LogP contribution is -2.27. The number of rotatable bonds is 4. The summed E-state index contributed by atoms with van der Waals surface area (Å²) in [7, 11) is 0. The molecule has 148 valence electrons. The average Bonchev–Trinajstić information content (AvgIpc) is 3.38. The van der Waals surface area contributed by atoms with Gasteiger partial charge in [0, 0.05) is 28.4 Å². The average molecular weight is 413 g/mol. The van der Waals surface area contributed by atoms with Gasteiger partial charge in [-0.1, -0.05) is 17.7 Å². The van der Waals surface area contributed by atoms with Gasteiger partial charge in [-0.15, -0.1) is 10.2 Å². The summed E-state index contributed by atoms with van der Waals surface area (Å²) in [5, 5.41) is 16.4. The first-order valence-electron chi connectivity index (χ1n) is 9.49. The highest BCUT2D eigenvalue weighted by molar-refractivity contribution is 6.31. The van der Waals surface area contributed by atoms with E-state index in [1.54, 1.807) is 24.5 Å². The topological polar surface area (TPSA) is 81.1 Å². The molecule has 1 aliphatic rings. The molecule has 0 bridgehead atoms. The van der Waals surface area contributed by atoms with Gasteiger partial charge in [-0.3, -0.25) is 0 Å². The molecule has 4 aromatic rings. The van der Waals surface area contributed by atoms with Crippen LogP contribution < -0.4 is 5.32 Å². The number of benzene rings is 1. The van der Waals surface area contributed by atoms with E-state index >= 15 is 0 Å².